The van der Waals surface area contributed by atoms with Gasteiger partial charge < -0.3 is 10.4 Å². The van der Waals surface area contributed by atoms with Gasteiger partial charge in [0.15, 0.2) is 5.65 Å². The Kier molecular flexibility index (Phi) is 5.30. The molecule has 2 heterocycles. The molecule has 1 amide bonds. The van der Waals surface area contributed by atoms with Gasteiger partial charge in [0.25, 0.3) is 5.56 Å². The van der Waals surface area contributed by atoms with E-state index in [1.54, 1.807) is 36.0 Å². The normalized spacial score (nSPS) is 11.0. The SMILES string of the molecule is Cc1nc2c(c(C)c1CCC(=O)Nc1ccccc1CC(=O)O)c(=O)[nH]n2C. The van der Waals surface area contributed by atoms with E-state index in [4.69, 9.17) is 5.11 Å². The van der Waals surface area contributed by atoms with Crippen molar-refractivity contribution < 1.29 is 14.7 Å². The number of aliphatic carboxylic acids is 1. The van der Waals surface area contributed by atoms with Gasteiger partial charge in [-0.1, -0.05) is 18.2 Å². The summed E-state index contributed by atoms with van der Waals surface area (Å²) < 4.78 is 1.59. The van der Waals surface area contributed by atoms with Gasteiger partial charge in [0, 0.05) is 24.8 Å². The van der Waals surface area contributed by atoms with Gasteiger partial charge in [-0.25, -0.2) is 4.98 Å². The molecule has 0 aliphatic rings. The highest BCUT2D eigenvalue weighted by atomic mass is 16.4. The quantitative estimate of drug-likeness (QED) is 0.603. The molecule has 3 rings (SSSR count). The number of amides is 1. The van der Waals surface area contributed by atoms with Crippen molar-refractivity contribution in [3.05, 3.63) is 57.0 Å². The third-order valence-corrected chi connectivity index (χ3v) is 4.81. The molecule has 0 aliphatic heterocycles. The third kappa shape index (κ3) is 3.80. The van der Waals surface area contributed by atoms with Crippen LogP contribution in [0.1, 0.15) is 28.8 Å². The standard InChI is InChI=1S/C20H22N4O4/c1-11-14(12(2)21-19-18(11)20(28)23-24(19)3)8-9-16(25)22-15-7-5-4-6-13(15)10-17(26)27/h4-7H,8-10H2,1-3H3,(H,22,25)(H,23,28)(H,26,27). The third-order valence-electron chi connectivity index (χ3n) is 4.81. The lowest BCUT2D eigenvalue weighted by molar-refractivity contribution is -0.136. The van der Waals surface area contributed by atoms with Crippen molar-refractivity contribution in [3.8, 4) is 0 Å². The van der Waals surface area contributed by atoms with E-state index in [0.717, 1.165) is 16.8 Å². The molecule has 0 radical (unpaired) electrons. The lowest BCUT2D eigenvalue weighted by atomic mass is 10.00. The van der Waals surface area contributed by atoms with Gasteiger partial charge in [0.2, 0.25) is 5.91 Å². The number of fused-ring (bicyclic) bond motifs is 1. The van der Waals surface area contributed by atoms with Crippen LogP contribution in [-0.4, -0.2) is 31.7 Å². The first-order valence-corrected chi connectivity index (χ1v) is 8.92. The van der Waals surface area contributed by atoms with Crippen molar-refractivity contribution in [2.24, 2.45) is 7.05 Å². The van der Waals surface area contributed by atoms with Gasteiger partial charge in [-0.15, -0.1) is 0 Å². The summed E-state index contributed by atoms with van der Waals surface area (Å²) in [6.45, 7) is 3.72. The van der Waals surface area contributed by atoms with E-state index < -0.39 is 5.97 Å². The van der Waals surface area contributed by atoms with Crippen LogP contribution >= 0.6 is 0 Å². The first kappa shape index (κ1) is 19.3. The number of carbonyl (C=O) groups is 2. The number of anilines is 1. The van der Waals surface area contributed by atoms with E-state index in [1.807, 2.05) is 13.8 Å². The molecule has 0 atom stereocenters. The Balaban J connectivity index is 1.78. The number of nitrogens with one attached hydrogen (secondary N) is 2. The maximum atomic E-state index is 12.4. The van der Waals surface area contributed by atoms with Crippen LogP contribution in [0.3, 0.4) is 0 Å². The highest BCUT2D eigenvalue weighted by Gasteiger charge is 2.16. The van der Waals surface area contributed by atoms with Gasteiger partial charge in [0.05, 0.1) is 11.8 Å². The van der Waals surface area contributed by atoms with Crippen LogP contribution in [0, 0.1) is 13.8 Å². The Bertz CT molecular complexity index is 1130. The summed E-state index contributed by atoms with van der Waals surface area (Å²) in [5.74, 6) is -1.18. The molecule has 8 nitrogen and oxygen atoms in total. The molecule has 8 heteroatoms. The Morgan fingerprint density at radius 3 is 2.68 bits per heavy atom. The topological polar surface area (TPSA) is 117 Å². The molecule has 146 valence electrons. The Morgan fingerprint density at radius 1 is 1.25 bits per heavy atom. The fourth-order valence-corrected chi connectivity index (χ4v) is 3.43. The number of hydrogen-bond donors (Lipinski definition) is 3. The molecule has 0 unspecified atom stereocenters. The predicted octanol–water partition coefficient (Wildman–Crippen LogP) is 2.08. The number of aromatic nitrogens is 3. The number of carbonyl (C=O) groups excluding carboxylic acids is 1. The van der Waals surface area contributed by atoms with Crippen LogP contribution in [0.25, 0.3) is 11.0 Å². The summed E-state index contributed by atoms with van der Waals surface area (Å²) >= 11 is 0. The summed E-state index contributed by atoms with van der Waals surface area (Å²) in [5, 5.41) is 15.0. The lowest BCUT2D eigenvalue weighted by Gasteiger charge is -2.12. The molecule has 0 saturated carbocycles. The molecular weight excluding hydrogens is 360 g/mol. The molecule has 2 aromatic heterocycles. The van der Waals surface area contributed by atoms with E-state index in [-0.39, 0.29) is 24.3 Å². The minimum Gasteiger partial charge on any atom is -0.481 e. The Hall–Kier alpha value is -3.42. The van der Waals surface area contributed by atoms with E-state index in [2.05, 4.69) is 15.4 Å². The van der Waals surface area contributed by atoms with Crippen LogP contribution in [0.15, 0.2) is 29.1 Å². The lowest BCUT2D eigenvalue weighted by Crippen LogP contribution is -2.15. The minimum atomic E-state index is -0.958. The molecule has 0 bridgehead atoms. The van der Waals surface area contributed by atoms with Gasteiger partial charge in [-0.05, 0) is 43.0 Å². The van der Waals surface area contributed by atoms with Crippen molar-refractivity contribution in [2.75, 3.05) is 5.32 Å². The fraction of sp³-hybridized carbons (Fsp3) is 0.300. The number of hydrogen-bond acceptors (Lipinski definition) is 4. The van der Waals surface area contributed by atoms with Crippen LogP contribution in [-0.2, 0) is 29.5 Å². The zero-order chi connectivity index (χ0) is 20.4. The number of pyridine rings is 1. The molecular formula is C20H22N4O4. The van der Waals surface area contributed by atoms with Crippen molar-refractivity contribution in [1.29, 1.82) is 0 Å². The second-order valence-electron chi connectivity index (χ2n) is 6.78. The minimum absolute atomic E-state index is 0.161. The van der Waals surface area contributed by atoms with Crippen molar-refractivity contribution >= 4 is 28.6 Å². The number of rotatable bonds is 6. The van der Waals surface area contributed by atoms with E-state index in [9.17, 15) is 14.4 Å². The molecule has 3 N–H and O–H groups in total. The van der Waals surface area contributed by atoms with Crippen LogP contribution in [0.2, 0.25) is 0 Å². The second-order valence-corrected chi connectivity index (χ2v) is 6.78. The summed E-state index contributed by atoms with van der Waals surface area (Å²) in [7, 11) is 1.73. The highest BCUT2D eigenvalue weighted by Crippen LogP contribution is 2.22. The maximum Gasteiger partial charge on any atom is 0.307 e. The smallest absolute Gasteiger partial charge is 0.307 e. The zero-order valence-electron chi connectivity index (χ0n) is 16.0. The number of aromatic amines is 1. The number of aryl methyl sites for hydroxylation is 3. The molecule has 28 heavy (non-hydrogen) atoms. The van der Waals surface area contributed by atoms with Crippen LogP contribution in [0.5, 0.6) is 0 Å². The average Bonchev–Trinajstić information content (AvgIpc) is 2.89. The maximum absolute atomic E-state index is 12.4. The summed E-state index contributed by atoms with van der Waals surface area (Å²) in [6.07, 6.45) is 0.467. The first-order valence-electron chi connectivity index (χ1n) is 8.92. The largest absolute Gasteiger partial charge is 0.481 e. The highest BCUT2D eigenvalue weighted by molar-refractivity contribution is 5.92. The molecule has 0 aliphatic carbocycles. The average molecular weight is 382 g/mol. The van der Waals surface area contributed by atoms with E-state index in [1.165, 1.54) is 0 Å². The van der Waals surface area contributed by atoms with E-state index >= 15 is 0 Å². The number of H-pyrrole nitrogens is 1. The van der Waals surface area contributed by atoms with Crippen molar-refractivity contribution in [1.82, 2.24) is 14.8 Å². The molecule has 1 aromatic carbocycles. The summed E-state index contributed by atoms with van der Waals surface area (Å²) in [5.41, 5.74) is 3.91. The monoisotopic (exact) mass is 382 g/mol. The summed E-state index contributed by atoms with van der Waals surface area (Å²) in [4.78, 5) is 40.1. The van der Waals surface area contributed by atoms with Crippen LogP contribution < -0.4 is 10.9 Å². The molecule has 0 saturated heterocycles. The van der Waals surface area contributed by atoms with Crippen molar-refractivity contribution in [2.45, 2.75) is 33.1 Å². The van der Waals surface area contributed by atoms with Crippen LogP contribution in [0.4, 0.5) is 5.69 Å². The van der Waals surface area contributed by atoms with Gasteiger partial charge in [-0.3, -0.25) is 24.2 Å². The van der Waals surface area contributed by atoms with E-state index in [0.29, 0.717) is 28.7 Å². The molecule has 3 aromatic rings. The van der Waals surface area contributed by atoms with Gasteiger partial charge in [-0.2, -0.15) is 0 Å². The first-order chi connectivity index (χ1) is 13.3. The number of benzene rings is 1. The number of carboxylic acid groups (broad SMARTS) is 1. The van der Waals surface area contributed by atoms with Gasteiger partial charge in [0.1, 0.15) is 0 Å². The molecule has 0 fully saturated rings. The Labute approximate surface area is 161 Å². The number of nitrogens with zero attached hydrogens (tertiary/aromatic N) is 2. The van der Waals surface area contributed by atoms with Crippen molar-refractivity contribution in [3.63, 3.8) is 0 Å². The predicted molar refractivity (Wildman–Crippen MR) is 106 cm³/mol. The number of para-hydroxylation sites is 1. The Morgan fingerprint density at radius 2 is 1.96 bits per heavy atom. The summed E-state index contributed by atoms with van der Waals surface area (Å²) in [6, 6.07) is 6.84. The fourth-order valence-electron chi connectivity index (χ4n) is 3.43. The zero-order valence-corrected chi connectivity index (χ0v) is 16.0. The second kappa shape index (κ2) is 7.67. The number of carboxylic acids is 1. The van der Waals surface area contributed by atoms with Gasteiger partial charge >= 0.3 is 5.97 Å². The molecule has 0 spiro atoms.